The lowest BCUT2D eigenvalue weighted by Gasteiger charge is -2.49. The Morgan fingerprint density at radius 2 is 1.74 bits per heavy atom. The Bertz CT molecular complexity index is 1070. The molecule has 2 aromatic rings. The first kappa shape index (κ1) is 21.5. The van der Waals surface area contributed by atoms with Gasteiger partial charge in [0.05, 0.1) is 16.6 Å². The number of hydrogen-bond donors (Lipinski definition) is 1. The third-order valence-electron chi connectivity index (χ3n) is 5.09. The molecule has 9 heteroatoms. The molecule has 1 N–H and O–H groups in total. The zero-order chi connectivity index (χ0) is 22.0. The lowest BCUT2D eigenvalue weighted by molar-refractivity contribution is -0.152. The molecule has 7 nitrogen and oxygen atoms in total. The smallest absolute Gasteiger partial charge is 0.355 e. The summed E-state index contributed by atoms with van der Waals surface area (Å²) in [7, 11) is -1.46. The average Bonchev–Trinajstić information content (AvgIpc) is 2.81. The van der Waals surface area contributed by atoms with Crippen LogP contribution in [-0.4, -0.2) is 49.4 Å². The van der Waals surface area contributed by atoms with E-state index in [1.165, 1.54) is 4.90 Å². The summed E-state index contributed by atoms with van der Waals surface area (Å²) in [4.78, 5) is 39.4. The Balaban J connectivity index is 1.52. The number of fused-ring (bicyclic) bond motifs is 1. The van der Waals surface area contributed by atoms with Crippen molar-refractivity contribution in [1.29, 1.82) is 0 Å². The normalized spacial score (nSPS) is 22.4. The number of nitrogens with zero attached hydrogens (tertiary/aromatic N) is 1. The van der Waals surface area contributed by atoms with Gasteiger partial charge < -0.3 is 10.1 Å². The van der Waals surface area contributed by atoms with E-state index in [2.05, 4.69) is 21.2 Å². The molecule has 2 aliphatic rings. The van der Waals surface area contributed by atoms with E-state index in [4.69, 9.17) is 4.74 Å². The van der Waals surface area contributed by atoms with Crippen LogP contribution in [0.1, 0.15) is 15.9 Å². The molecular formula is C22H19BrN2O5S. The molecule has 0 spiro atoms. The first-order valence-electron chi connectivity index (χ1n) is 9.56. The largest absolute Gasteiger partial charge is 0.456 e. The minimum atomic E-state index is -1.46. The van der Waals surface area contributed by atoms with Gasteiger partial charge in [-0.2, -0.15) is 0 Å². The minimum Gasteiger partial charge on any atom is -0.456 e. The summed E-state index contributed by atoms with van der Waals surface area (Å²) in [6, 6.07) is 16.7. The molecule has 0 aliphatic carbocycles. The van der Waals surface area contributed by atoms with E-state index in [1.54, 1.807) is 30.3 Å². The summed E-state index contributed by atoms with van der Waals surface area (Å²) in [6.45, 7) is 0.0582. The number of carbonyl (C=O) groups excluding carboxylic acids is 3. The monoisotopic (exact) mass is 502 g/mol. The molecule has 0 aromatic heterocycles. The van der Waals surface area contributed by atoms with Crippen LogP contribution in [-0.2, 0) is 31.7 Å². The second-order valence-electron chi connectivity index (χ2n) is 7.09. The third kappa shape index (κ3) is 4.20. The van der Waals surface area contributed by atoms with Gasteiger partial charge in [-0.25, -0.2) is 4.79 Å². The molecule has 2 heterocycles. The van der Waals surface area contributed by atoms with E-state index in [-0.39, 0.29) is 23.4 Å². The SMILES string of the molecule is O=C(OCc1ccccc1)C1=C(CBr)CS(=O)[C@@H]2C(NC(=O)c3ccccc3)C(=O)N12. The van der Waals surface area contributed by atoms with Crippen LogP contribution in [0.2, 0.25) is 0 Å². The highest BCUT2D eigenvalue weighted by atomic mass is 79.9. The number of rotatable bonds is 6. The van der Waals surface area contributed by atoms with E-state index in [0.717, 1.165) is 5.56 Å². The number of halogens is 1. The number of carbonyl (C=O) groups is 3. The van der Waals surface area contributed by atoms with Gasteiger partial charge in [0.25, 0.3) is 11.8 Å². The van der Waals surface area contributed by atoms with E-state index < -0.39 is 40.0 Å². The fourth-order valence-electron chi connectivity index (χ4n) is 3.55. The van der Waals surface area contributed by atoms with Gasteiger partial charge in [-0.3, -0.25) is 18.7 Å². The van der Waals surface area contributed by atoms with Crippen LogP contribution < -0.4 is 5.32 Å². The van der Waals surface area contributed by atoms with Crippen molar-refractivity contribution in [3.8, 4) is 0 Å². The number of alkyl halides is 1. The molecule has 2 unspecified atom stereocenters. The van der Waals surface area contributed by atoms with Crippen LogP contribution in [0.3, 0.4) is 0 Å². The molecule has 0 bridgehead atoms. The first-order chi connectivity index (χ1) is 15.0. The Hall–Kier alpha value is -2.78. The fraction of sp³-hybridized carbons (Fsp3) is 0.227. The van der Waals surface area contributed by atoms with E-state index in [9.17, 15) is 18.6 Å². The number of hydrogen-bond acceptors (Lipinski definition) is 5. The lowest BCUT2D eigenvalue weighted by atomic mass is 10.0. The van der Waals surface area contributed by atoms with Gasteiger partial charge in [0.15, 0.2) is 0 Å². The van der Waals surface area contributed by atoms with Crippen LogP contribution >= 0.6 is 15.9 Å². The predicted octanol–water partition coefficient (Wildman–Crippen LogP) is 2.11. The van der Waals surface area contributed by atoms with Crippen molar-refractivity contribution in [1.82, 2.24) is 10.2 Å². The number of ether oxygens (including phenoxy) is 1. The summed E-state index contributed by atoms with van der Waals surface area (Å²) < 4.78 is 18.2. The maximum absolute atomic E-state index is 12.9. The molecule has 0 radical (unpaired) electrons. The van der Waals surface area contributed by atoms with Crippen molar-refractivity contribution in [2.24, 2.45) is 0 Å². The standard InChI is InChI=1S/C22H19BrN2O5S/c23-11-16-13-31(29)21-17(24-19(26)15-9-5-2-6-10-15)20(27)25(21)18(16)22(28)30-12-14-7-3-1-4-8-14/h1-10,17,21H,11-13H2,(H,24,26)/t17?,21-,31?/m1/s1. The molecule has 3 atom stereocenters. The minimum absolute atomic E-state index is 0.0582. The summed E-state index contributed by atoms with van der Waals surface area (Å²) >= 11 is 3.31. The highest BCUT2D eigenvalue weighted by Gasteiger charge is 2.57. The number of amides is 2. The Morgan fingerprint density at radius 3 is 2.39 bits per heavy atom. The van der Waals surface area contributed by atoms with Crippen LogP contribution in [0.5, 0.6) is 0 Å². The molecule has 2 aromatic carbocycles. The van der Waals surface area contributed by atoms with Gasteiger partial charge in [0.2, 0.25) is 0 Å². The van der Waals surface area contributed by atoms with Crippen LogP contribution in [0.4, 0.5) is 0 Å². The Labute approximate surface area is 190 Å². The molecule has 0 saturated carbocycles. The van der Waals surface area contributed by atoms with Gasteiger partial charge in [0, 0.05) is 10.9 Å². The van der Waals surface area contributed by atoms with Crippen LogP contribution in [0, 0.1) is 0 Å². The van der Waals surface area contributed by atoms with Gasteiger partial charge in [0.1, 0.15) is 23.7 Å². The number of β-lactam (4-membered cyclic amide) rings is 1. The van der Waals surface area contributed by atoms with Crippen molar-refractivity contribution < 1.29 is 23.3 Å². The van der Waals surface area contributed by atoms with Crippen molar-refractivity contribution >= 4 is 44.5 Å². The van der Waals surface area contributed by atoms with Gasteiger partial charge in [-0.15, -0.1) is 0 Å². The van der Waals surface area contributed by atoms with Gasteiger partial charge >= 0.3 is 5.97 Å². The van der Waals surface area contributed by atoms with Crippen molar-refractivity contribution in [2.45, 2.75) is 18.0 Å². The average molecular weight is 503 g/mol. The summed E-state index contributed by atoms with van der Waals surface area (Å²) in [6.07, 6.45) is 0. The Morgan fingerprint density at radius 1 is 1.10 bits per heavy atom. The first-order valence-corrected chi connectivity index (χ1v) is 12.1. The van der Waals surface area contributed by atoms with Crippen molar-refractivity contribution in [2.75, 3.05) is 11.1 Å². The fourth-order valence-corrected chi connectivity index (χ4v) is 5.96. The van der Waals surface area contributed by atoms with Gasteiger partial charge in [-0.05, 0) is 23.3 Å². The summed E-state index contributed by atoms with van der Waals surface area (Å²) in [5, 5.41) is 2.13. The molecule has 1 fully saturated rings. The van der Waals surface area contributed by atoms with Crippen LogP contribution in [0.15, 0.2) is 71.9 Å². The maximum atomic E-state index is 12.9. The Kier molecular flexibility index (Phi) is 6.33. The van der Waals surface area contributed by atoms with Crippen molar-refractivity contribution in [3.63, 3.8) is 0 Å². The molecular weight excluding hydrogens is 484 g/mol. The summed E-state index contributed by atoms with van der Waals surface area (Å²) in [5.74, 6) is -1.44. The topological polar surface area (TPSA) is 92.8 Å². The van der Waals surface area contributed by atoms with Crippen LogP contribution in [0.25, 0.3) is 0 Å². The molecule has 160 valence electrons. The molecule has 31 heavy (non-hydrogen) atoms. The number of nitrogens with one attached hydrogen (secondary N) is 1. The van der Waals surface area contributed by atoms with E-state index in [0.29, 0.717) is 11.1 Å². The molecule has 2 aliphatic heterocycles. The lowest BCUT2D eigenvalue weighted by Crippen LogP contribution is -2.73. The van der Waals surface area contributed by atoms with Crippen molar-refractivity contribution in [3.05, 3.63) is 83.1 Å². The highest BCUT2D eigenvalue weighted by molar-refractivity contribution is 9.09. The van der Waals surface area contributed by atoms with E-state index in [1.807, 2.05) is 30.3 Å². The quantitative estimate of drug-likeness (QED) is 0.371. The predicted molar refractivity (Wildman–Crippen MR) is 118 cm³/mol. The number of esters is 1. The highest BCUT2D eigenvalue weighted by Crippen LogP contribution is 2.36. The molecule has 2 amide bonds. The summed E-state index contributed by atoms with van der Waals surface area (Å²) in [5.41, 5.74) is 1.85. The van der Waals surface area contributed by atoms with E-state index >= 15 is 0 Å². The number of benzene rings is 2. The molecule has 1 saturated heterocycles. The zero-order valence-corrected chi connectivity index (χ0v) is 18.7. The second kappa shape index (κ2) is 9.15. The molecule has 4 rings (SSSR count). The zero-order valence-electron chi connectivity index (χ0n) is 16.3. The second-order valence-corrected chi connectivity index (χ2v) is 9.18. The maximum Gasteiger partial charge on any atom is 0.355 e. The third-order valence-corrected chi connectivity index (χ3v) is 7.43. The van der Waals surface area contributed by atoms with Gasteiger partial charge in [-0.1, -0.05) is 64.5 Å².